The summed E-state index contributed by atoms with van der Waals surface area (Å²) >= 11 is 0. The van der Waals surface area contributed by atoms with Gasteiger partial charge in [0, 0.05) is 31.9 Å². The average Bonchev–Trinajstić information content (AvgIpc) is 3.42. The van der Waals surface area contributed by atoms with Crippen LogP contribution in [0.4, 0.5) is 5.69 Å². The summed E-state index contributed by atoms with van der Waals surface area (Å²) < 4.78 is 0. The van der Waals surface area contributed by atoms with Gasteiger partial charge in [-0.1, -0.05) is 12.1 Å². The van der Waals surface area contributed by atoms with Crippen LogP contribution in [0.15, 0.2) is 29.3 Å². The summed E-state index contributed by atoms with van der Waals surface area (Å²) in [5, 5.41) is 7.00. The third-order valence-corrected chi connectivity index (χ3v) is 5.89. The lowest BCUT2D eigenvalue weighted by Gasteiger charge is -2.22. The molecule has 2 aliphatic heterocycles. The average molecular weight is 386 g/mol. The van der Waals surface area contributed by atoms with E-state index in [-0.39, 0.29) is 6.04 Å². The van der Waals surface area contributed by atoms with Crippen LogP contribution in [0.5, 0.6) is 0 Å². The predicted molar refractivity (Wildman–Crippen MR) is 120 cm³/mol. The number of hydrogen-bond acceptors (Lipinski definition) is 3. The number of benzene rings is 1. The third-order valence-electron chi connectivity index (χ3n) is 5.89. The Morgan fingerprint density at radius 1 is 1.07 bits per heavy atom. The zero-order valence-electron chi connectivity index (χ0n) is 17.9. The number of hydrogen-bond donors (Lipinski definition) is 2. The van der Waals surface area contributed by atoms with Crippen LogP contribution in [0.1, 0.15) is 64.0 Å². The van der Waals surface area contributed by atoms with Gasteiger partial charge in [0.15, 0.2) is 5.96 Å². The van der Waals surface area contributed by atoms with Gasteiger partial charge in [-0.3, -0.25) is 4.99 Å². The molecule has 2 aliphatic rings. The van der Waals surface area contributed by atoms with Crippen molar-refractivity contribution in [2.24, 2.45) is 4.99 Å². The SMILES string of the molecule is CCNC(=NCCCCN1CCCC1)NC(C)c1cccc(N2CCCC2)c1. The van der Waals surface area contributed by atoms with Gasteiger partial charge in [0.1, 0.15) is 0 Å². The zero-order valence-corrected chi connectivity index (χ0v) is 17.9. The summed E-state index contributed by atoms with van der Waals surface area (Å²) in [5.41, 5.74) is 2.68. The number of unbranched alkanes of at least 4 members (excludes halogenated alkanes) is 1. The van der Waals surface area contributed by atoms with E-state index >= 15 is 0 Å². The first kappa shape index (κ1) is 21.0. The Kier molecular flexibility index (Phi) is 8.46. The van der Waals surface area contributed by atoms with Gasteiger partial charge in [-0.2, -0.15) is 0 Å². The molecule has 5 heteroatoms. The Hall–Kier alpha value is -1.75. The van der Waals surface area contributed by atoms with Crippen molar-refractivity contribution in [1.82, 2.24) is 15.5 Å². The maximum absolute atomic E-state index is 4.81. The molecule has 1 aromatic rings. The molecule has 2 saturated heterocycles. The molecule has 0 aromatic heterocycles. The minimum Gasteiger partial charge on any atom is -0.372 e. The van der Waals surface area contributed by atoms with Crippen molar-refractivity contribution in [3.63, 3.8) is 0 Å². The monoisotopic (exact) mass is 385 g/mol. The van der Waals surface area contributed by atoms with E-state index in [4.69, 9.17) is 4.99 Å². The highest BCUT2D eigenvalue weighted by atomic mass is 15.2. The summed E-state index contributed by atoms with van der Waals surface area (Å²) in [4.78, 5) is 9.89. The number of nitrogens with zero attached hydrogens (tertiary/aromatic N) is 3. The lowest BCUT2D eigenvalue weighted by Crippen LogP contribution is -2.38. The first-order valence-electron chi connectivity index (χ1n) is 11.4. The number of likely N-dealkylation sites (tertiary alicyclic amines) is 1. The number of nitrogens with one attached hydrogen (secondary N) is 2. The maximum atomic E-state index is 4.81. The van der Waals surface area contributed by atoms with Crippen molar-refractivity contribution in [2.45, 2.75) is 58.4 Å². The number of guanidine groups is 1. The Bertz CT molecular complexity index is 603. The Morgan fingerprint density at radius 2 is 1.82 bits per heavy atom. The van der Waals surface area contributed by atoms with E-state index < -0.39 is 0 Å². The van der Waals surface area contributed by atoms with Gasteiger partial charge in [0.05, 0.1) is 6.04 Å². The highest BCUT2D eigenvalue weighted by molar-refractivity contribution is 5.80. The molecule has 1 aromatic carbocycles. The van der Waals surface area contributed by atoms with Gasteiger partial charge in [-0.25, -0.2) is 0 Å². The molecule has 1 unspecified atom stereocenters. The molecule has 0 spiro atoms. The fraction of sp³-hybridized carbons (Fsp3) is 0.696. The molecule has 5 nitrogen and oxygen atoms in total. The molecule has 0 aliphatic carbocycles. The first-order chi connectivity index (χ1) is 13.8. The second-order valence-electron chi connectivity index (χ2n) is 8.17. The minimum atomic E-state index is 0.241. The van der Waals surface area contributed by atoms with Gasteiger partial charge in [-0.05, 0) is 89.7 Å². The number of anilines is 1. The molecule has 0 saturated carbocycles. The van der Waals surface area contributed by atoms with Gasteiger partial charge in [0.25, 0.3) is 0 Å². The van der Waals surface area contributed by atoms with Crippen LogP contribution >= 0.6 is 0 Å². The first-order valence-corrected chi connectivity index (χ1v) is 11.4. The molecule has 2 N–H and O–H groups in total. The van der Waals surface area contributed by atoms with Crippen molar-refractivity contribution in [1.29, 1.82) is 0 Å². The Balaban J connectivity index is 1.48. The molecular formula is C23H39N5. The summed E-state index contributed by atoms with van der Waals surface area (Å²) in [6, 6.07) is 9.22. The van der Waals surface area contributed by atoms with Gasteiger partial charge < -0.3 is 20.4 Å². The highest BCUT2D eigenvalue weighted by Crippen LogP contribution is 2.23. The van der Waals surface area contributed by atoms with E-state index in [1.54, 1.807) is 0 Å². The van der Waals surface area contributed by atoms with Crippen LogP contribution in [0.3, 0.4) is 0 Å². The second-order valence-corrected chi connectivity index (χ2v) is 8.17. The van der Waals surface area contributed by atoms with Crippen LogP contribution in [-0.2, 0) is 0 Å². The predicted octanol–water partition coefficient (Wildman–Crippen LogP) is 3.78. The molecule has 0 amide bonds. The fourth-order valence-electron chi connectivity index (χ4n) is 4.22. The number of aliphatic imine (C=N–C) groups is 1. The van der Waals surface area contributed by atoms with Crippen molar-refractivity contribution in [2.75, 3.05) is 50.7 Å². The van der Waals surface area contributed by atoms with Gasteiger partial charge in [0.2, 0.25) is 0 Å². The van der Waals surface area contributed by atoms with Crippen LogP contribution in [0.25, 0.3) is 0 Å². The summed E-state index contributed by atoms with van der Waals surface area (Å²) in [6.45, 7) is 12.3. The topological polar surface area (TPSA) is 42.9 Å². The normalized spacial score (nSPS) is 19.2. The summed E-state index contributed by atoms with van der Waals surface area (Å²) in [7, 11) is 0. The molecule has 28 heavy (non-hydrogen) atoms. The number of rotatable bonds is 9. The van der Waals surface area contributed by atoms with Gasteiger partial charge >= 0.3 is 0 Å². The van der Waals surface area contributed by atoms with Crippen LogP contribution in [0.2, 0.25) is 0 Å². The van der Waals surface area contributed by atoms with E-state index in [1.165, 1.54) is 76.1 Å². The van der Waals surface area contributed by atoms with E-state index in [9.17, 15) is 0 Å². The van der Waals surface area contributed by atoms with E-state index in [0.717, 1.165) is 25.5 Å². The quantitative estimate of drug-likeness (QED) is 0.386. The van der Waals surface area contributed by atoms with Crippen molar-refractivity contribution in [3.8, 4) is 0 Å². The molecule has 0 bridgehead atoms. The molecule has 2 fully saturated rings. The molecule has 1 atom stereocenters. The lowest BCUT2D eigenvalue weighted by molar-refractivity contribution is 0.331. The lowest BCUT2D eigenvalue weighted by atomic mass is 10.1. The Morgan fingerprint density at radius 3 is 2.57 bits per heavy atom. The van der Waals surface area contributed by atoms with E-state index in [1.807, 2.05) is 0 Å². The molecule has 2 heterocycles. The second kappa shape index (κ2) is 11.3. The third kappa shape index (κ3) is 6.40. The molecule has 0 radical (unpaired) electrons. The summed E-state index contributed by atoms with van der Waals surface area (Å²) in [5.74, 6) is 0.933. The summed E-state index contributed by atoms with van der Waals surface area (Å²) in [6.07, 6.45) is 7.79. The van der Waals surface area contributed by atoms with Crippen LogP contribution < -0.4 is 15.5 Å². The smallest absolute Gasteiger partial charge is 0.191 e. The van der Waals surface area contributed by atoms with Crippen molar-refractivity contribution >= 4 is 11.6 Å². The standard InChI is InChI=1S/C23H39N5/c1-3-24-23(25-13-4-5-14-27-15-6-7-16-27)26-20(2)21-11-10-12-22(19-21)28-17-8-9-18-28/h10-12,19-20H,3-9,13-18H2,1-2H3,(H2,24,25,26). The fourth-order valence-corrected chi connectivity index (χ4v) is 4.22. The van der Waals surface area contributed by atoms with Crippen LogP contribution in [-0.4, -0.2) is 56.7 Å². The van der Waals surface area contributed by atoms with E-state index in [2.05, 4.69) is 58.5 Å². The molecule has 3 rings (SSSR count). The van der Waals surface area contributed by atoms with Crippen molar-refractivity contribution in [3.05, 3.63) is 29.8 Å². The minimum absolute atomic E-state index is 0.241. The molecule has 156 valence electrons. The molecular weight excluding hydrogens is 346 g/mol. The van der Waals surface area contributed by atoms with Gasteiger partial charge in [-0.15, -0.1) is 0 Å². The maximum Gasteiger partial charge on any atom is 0.191 e. The van der Waals surface area contributed by atoms with E-state index in [0.29, 0.717) is 0 Å². The van der Waals surface area contributed by atoms with Crippen molar-refractivity contribution < 1.29 is 0 Å². The zero-order chi connectivity index (χ0) is 19.6. The largest absolute Gasteiger partial charge is 0.372 e. The highest BCUT2D eigenvalue weighted by Gasteiger charge is 2.14. The Labute approximate surface area is 171 Å². The van der Waals surface area contributed by atoms with Crippen LogP contribution in [0, 0.1) is 0 Å².